The smallest absolute Gasteiger partial charge is 0.0886 e. The highest BCUT2D eigenvalue weighted by molar-refractivity contribution is 6.34. The minimum atomic E-state index is -0.283. The summed E-state index contributed by atoms with van der Waals surface area (Å²) in [5.41, 5.74) is 11.5. The third-order valence-electron chi connectivity index (χ3n) is 6.22. The quantitative estimate of drug-likeness (QED) is 0.336. The fraction of sp³-hybridized carbons (Fsp3) is 0.0400. The lowest BCUT2D eigenvalue weighted by Gasteiger charge is -2.30. The third kappa shape index (κ3) is 1.71. The molecule has 4 aromatic carbocycles. The summed E-state index contributed by atoms with van der Waals surface area (Å²) in [6.45, 7) is 0. The van der Waals surface area contributed by atoms with Crippen LogP contribution in [0.5, 0.6) is 0 Å². The first-order chi connectivity index (χ1) is 13.2. The summed E-state index contributed by atoms with van der Waals surface area (Å²) in [4.78, 5) is 0. The Morgan fingerprint density at radius 1 is 0.593 bits per heavy atom. The van der Waals surface area contributed by atoms with Crippen LogP contribution in [0.1, 0.15) is 22.3 Å². The summed E-state index contributed by atoms with van der Waals surface area (Å²) in [5.74, 6) is 0. The summed E-state index contributed by atoms with van der Waals surface area (Å²) in [5, 5.41) is 0.829. The van der Waals surface area contributed by atoms with Crippen LogP contribution in [0.25, 0.3) is 22.3 Å². The average Bonchev–Trinajstić information content (AvgIpc) is 3.15. The van der Waals surface area contributed by atoms with Crippen molar-refractivity contribution in [2.75, 3.05) is 0 Å². The fourth-order valence-corrected chi connectivity index (χ4v) is 5.53. The van der Waals surface area contributed by atoms with Gasteiger partial charge in [0.15, 0.2) is 0 Å². The molecule has 0 heterocycles. The fourth-order valence-electron chi connectivity index (χ4n) is 5.26. The Balaban J connectivity index is 1.89. The molecular weight excluding hydrogens is 347 g/mol. The van der Waals surface area contributed by atoms with Crippen molar-refractivity contribution in [2.24, 2.45) is 0 Å². The molecule has 0 aliphatic heterocycles. The number of hydrogen-bond acceptors (Lipinski definition) is 0. The Bertz CT molecular complexity index is 1250. The maximum atomic E-state index is 6.74. The van der Waals surface area contributed by atoms with Crippen LogP contribution in [0.15, 0.2) is 84.9 Å². The Morgan fingerprint density at radius 3 is 2.04 bits per heavy atom. The highest BCUT2D eigenvalue weighted by Gasteiger charge is 2.51. The lowest BCUT2D eigenvalue weighted by atomic mass is 9.70. The van der Waals surface area contributed by atoms with E-state index in [0.717, 1.165) is 5.02 Å². The molecule has 2 aliphatic rings. The minimum Gasteiger partial charge on any atom is -0.0886 e. The summed E-state index contributed by atoms with van der Waals surface area (Å²) in [6, 6.07) is 30.8. The molecule has 2 aliphatic carbocycles. The molecule has 4 aromatic rings. The van der Waals surface area contributed by atoms with Crippen LogP contribution in [-0.2, 0) is 5.41 Å². The van der Waals surface area contributed by atoms with Crippen molar-refractivity contribution in [1.82, 2.24) is 0 Å². The van der Waals surface area contributed by atoms with Crippen molar-refractivity contribution in [3.8, 4) is 22.3 Å². The molecule has 27 heavy (non-hydrogen) atoms. The normalized spacial score (nSPS) is 18.1. The van der Waals surface area contributed by atoms with Crippen LogP contribution >= 0.6 is 11.6 Å². The van der Waals surface area contributed by atoms with Crippen molar-refractivity contribution >= 4 is 24.9 Å². The van der Waals surface area contributed by atoms with Gasteiger partial charge in [-0.15, -0.1) is 0 Å². The van der Waals surface area contributed by atoms with Gasteiger partial charge in [-0.05, 0) is 45.0 Å². The highest BCUT2D eigenvalue weighted by atomic mass is 35.5. The molecule has 0 nitrogen and oxygen atoms in total. The molecule has 1 spiro atoms. The zero-order valence-corrected chi connectivity index (χ0v) is 15.7. The largest absolute Gasteiger partial charge is 0.139 e. The Hall–Kier alpha value is -2.77. The first-order valence-corrected chi connectivity index (χ1v) is 9.70. The Labute approximate surface area is 164 Å². The molecule has 0 aromatic heterocycles. The summed E-state index contributed by atoms with van der Waals surface area (Å²) in [7, 11) is 2.18. The number of halogens is 1. The molecule has 0 radical (unpaired) electrons. The lowest BCUT2D eigenvalue weighted by molar-refractivity contribution is 0.794. The highest BCUT2D eigenvalue weighted by Crippen LogP contribution is 2.63. The van der Waals surface area contributed by atoms with Crippen LogP contribution in [0.4, 0.5) is 0 Å². The summed E-state index contributed by atoms with van der Waals surface area (Å²) in [6.07, 6.45) is 0. The number of fused-ring (bicyclic) bond motifs is 10. The van der Waals surface area contributed by atoms with E-state index in [4.69, 9.17) is 11.6 Å². The molecule has 0 fully saturated rings. The predicted molar refractivity (Wildman–Crippen MR) is 116 cm³/mol. The van der Waals surface area contributed by atoms with Gasteiger partial charge in [-0.25, -0.2) is 0 Å². The molecule has 1 atom stereocenters. The van der Waals surface area contributed by atoms with Crippen molar-refractivity contribution in [2.45, 2.75) is 5.41 Å². The van der Waals surface area contributed by atoms with Gasteiger partial charge in [0, 0.05) is 10.6 Å². The molecule has 6 rings (SSSR count). The lowest BCUT2D eigenvalue weighted by Crippen LogP contribution is -2.26. The van der Waals surface area contributed by atoms with Crippen molar-refractivity contribution in [1.29, 1.82) is 0 Å². The van der Waals surface area contributed by atoms with E-state index in [0.29, 0.717) is 0 Å². The Kier molecular flexibility index (Phi) is 2.92. The van der Waals surface area contributed by atoms with Gasteiger partial charge in [0.25, 0.3) is 0 Å². The van der Waals surface area contributed by atoms with Crippen LogP contribution in [0.2, 0.25) is 5.02 Å². The van der Waals surface area contributed by atoms with E-state index in [1.807, 2.05) is 6.07 Å². The van der Waals surface area contributed by atoms with Gasteiger partial charge < -0.3 is 0 Å². The van der Waals surface area contributed by atoms with Gasteiger partial charge in [-0.2, -0.15) is 0 Å². The molecule has 2 heteroatoms. The van der Waals surface area contributed by atoms with Crippen molar-refractivity contribution < 1.29 is 0 Å². The molecule has 0 N–H and O–H groups in total. The van der Waals surface area contributed by atoms with Crippen LogP contribution in [0.3, 0.4) is 0 Å². The van der Waals surface area contributed by atoms with Crippen LogP contribution < -0.4 is 5.46 Å². The number of benzene rings is 4. The SMILES string of the molecule is Bc1ccc2c(c1)C1(c3ccccc3-2)c2ccccc2-c2c(Cl)cccc21. The van der Waals surface area contributed by atoms with Gasteiger partial charge in [0.2, 0.25) is 0 Å². The topological polar surface area (TPSA) is 0 Å². The van der Waals surface area contributed by atoms with E-state index in [9.17, 15) is 0 Å². The maximum Gasteiger partial charge on any atom is 0.139 e. The molecule has 0 bridgehead atoms. The van der Waals surface area contributed by atoms with Gasteiger partial charge in [0.05, 0.1) is 5.41 Å². The third-order valence-corrected chi connectivity index (χ3v) is 6.53. The van der Waals surface area contributed by atoms with Crippen LogP contribution in [-0.4, -0.2) is 7.85 Å². The van der Waals surface area contributed by atoms with E-state index in [2.05, 4.69) is 86.7 Å². The first-order valence-electron chi connectivity index (χ1n) is 9.33. The van der Waals surface area contributed by atoms with E-state index in [1.165, 1.54) is 50.0 Å². The average molecular weight is 363 g/mol. The number of rotatable bonds is 0. The zero-order chi connectivity index (χ0) is 18.2. The zero-order valence-electron chi connectivity index (χ0n) is 15.0. The minimum absolute atomic E-state index is 0.283. The standard InChI is InChI=1S/C25H16BCl/c26-15-12-13-17-16-6-1-3-8-19(16)25(22(17)14-15)20-9-4-2-7-18(20)24-21(25)10-5-11-23(24)27/h1-14H,26H2. The maximum absolute atomic E-state index is 6.74. The molecular formula is C25H16BCl. The van der Waals surface area contributed by atoms with E-state index < -0.39 is 0 Å². The van der Waals surface area contributed by atoms with Crippen LogP contribution in [0, 0.1) is 0 Å². The van der Waals surface area contributed by atoms with Gasteiger partial charge in [0.1, 0.15) is 7.85 Å². The van der Waals surface area contributed by atoms with E-state index in [1.54, 1.807) is 0 Å². The molecule has 0 saturated carbocycles. The summed E-state index contributed by atoms with van der Waals surface area (Å²) >= 11 is 6.74. The molecule has 0 saturated heterocycles. The van der Waals surface area contributed by atoms with E-state index >= 15 is 0 Å². The first kappa shape index (κ1) is 15.3. The summed E-state index contributed by atoms with van der Waals surface area (Å²) < 4.78 is 0. The molecule has 126 valence electrons. The number of hydrogen-bond donors (Lipinski definition) is 0. The molecule has 0 amide bonds. The second kappa shape index (κ2) is 5.15. The van der Waals surface area contributed by atoms with Crippen molar-refractivity contribution in [3.63, 3.8) is 0 Å². The van der Waals surface area contributed by atoms with Gasteiger partial charge in [-0.1, -0.05) is 95.9 Å². The monoisotopic (exact) mass is 362 g/mol. The van der Waals surface area contributed by atoms with E-state index in [-0.39, 0.29) is 5.41 Å². The second-order valence-electron chi connectivity index (χ2n) is 7.55. The molecule has 1 unspecified atom stereocenters. The van der Waals surface area contributed by atoms with Gasteiger partial charge in [-0.3, -0.25) is 0 Å². The Morgan fingerprint density at radius 2 is 1.22 bits per heavy atom. The van der Waals surface area contributed by atoms with Crippen molar-refractivity contribution in [3.05, 3.63) is 112 Å². The van der Waals surface area contributed by atoms with Gasteiger partial charge >= 0.3 is 0 Å². The second-order valence-corrected chi connectivity index (χ2v) is 7.96. The predicted octanol–water partition coefficient (Wildman–Crippen LogP) is 4.94.